The highest BCUT2D eigenvalue weighted by Gasteiger charge is 2.11. The molecule has 3 aromatic rings. The highest BCUT2D eigenvalue weighted by molar-refractivity contribution is 5.96. The Morgan fingerprint density at radius 1 is 1.03 bits per heavy atom. The largest absolute Gasteiger partial charge is 0.456 e. The van der Waals surface area contributed by atoms with E-state index in [0.29, 0.717) is 17.9 Å². The van der Waals surface area contributed by atoms with Crippen molar-refractivity contribution in [2.24, 2.45) is 0 Å². The zero-order valence-electron chi connectivity index (χ0n) is 17.0. The summed E-state index contributed by atoms with van der Waals surface area (Å²) >= 11 is 0. The molecule has 29 heavy (non-hydrogen) atoms. The summed E-state index contributed by atoms with van der Waals surface area (Å²) in [5.74, 6) is -0.444. The zero-order valence-corrected chi connectivity index (χ0v) is 17.0. The van der Waals surface area contributed by atoms with Crippen LogP contribution in [0.15, 0.2) is 54.7 Å². The molecule has 0 spiro atoms. The normalized spacial score (nSPS) is 11.0. The lowest BCUT2D eigenvalue weighted by atomic mass is 10.1. The summed E-state index contributed by atoms with van der Waals surface area (Å²) in [6.45, 7) is 7.47. The van der Waals surface area contributed by atoms with Crippen LogP contribution < -0.4 is 10.2 Å². The van der Waals surface area contributed by atoms with Gasteiger partial charge in [-0.3, -0.25) is 4.79 Å². The first-order valence-corrected chi connectivity index (χ1v) is 10.1. The number of hydrogen-bond acceptors (Lipinski definition) is 3. The van der Waals surface area contributed by atoms with Gasteiger partial charge in [-0.2, -0.15) is 0 Å². The van der Waals surface area contributed by atoms with Crippen LogP contribution in [0.25, 0.3) is 10.9 Å². The Morgan fingerprint density at radius 2 is 1.76 bits per heavy atom. The number of likely N-dealkylation sites (N-methyl/N-ethyl adjacent to an activating group) is 1. The first kappa shape index (κ1) is 20.6. The number of benzene rings is 2. The Bertz CT molecular complexity index is 959. The second-order valence-corrected chi connectivity index (χ2v) is 7.00. The van der Waals surface area contributed by atoms with Gasteiger partial charge in [0.15, 0.2) is 0 Å². The maximum absolute atomic E-state index is 12.4. The van der Waals surface area contributed by atoms with E-state index in [1.807, 2.05) is 30.5 Å². The summed E-state index contributed by atoms with van der Waals surface area (Å²) in [5, 5.41) is 3.92. The molecule has 1 heterocycles. The summed E-state index contributed by atoms with van der Waals surface area (Å²) in [7, 11) is 0. The van der Waals surface area contributed by atoms with Gasteiger partial charge in [0, 0.05) is 22.8 Å². The number of esters is 1. The van der Waals surface area contributed by atoms with Crippen LogP contribution in [0.3, 0.4) is 0 Å². The monoisotopic (exact) mass is 394 g/mol. The van der Waals surface area contributed by atoms with Crippen LogP contribution in [-0.2, 0) is 16.0 Å². The summed E-state index contributed by atoms with van der Waals surface area (Å²) in [5.41, 5.74) is 3.10. The number of fused-ring (bicyclic) bond motifs is 1. The number of carbonyl (C=O) groups is 2. The third-order valence-electron chi connectivity index (χ3n) is 5.12. The predicted molar refractivity (Wildman–Crippen MR) is 114 cm³/mol. The zero-order chi connectivity index (χ0) is 20.6. The number of carbonyl (C=O) groups excluding carboxylic acids is 2. The topological polar surface area (TPSA) is 75.6 Å². The summed E-state index contributed by atoms with van der Waals surface area (Å²) in [4.78, 5) is 29.1. The maximum Gasteiger partial charge on any atom is 0.338 e. The van der Waals surface area contributed by atoms with E-state index in [-0.39, 0.29) is 18.3 Å². The molecule has 2 aromatic carbocycles. The minimum Gasteiger partial charge on any atom is -0.456 e. The van der Waals surface area contributed by atoms with Crippen LogP contribution in [0.5, 0.6) is 0 Å². The van der Waals surface area contributed by atoms with Crippen molar-refractivity contribution >= 4 is 28.5 Å². The fourth-order valence-corrected chi connectivity index (χ4v) is 3.32. The Morgan fingerprint density at radius 3 is 2.48 bits per heavy atom. The Balaban J connectivity index is 1.52. The van der Waals surface area contributed by atoms with E-state index < -0.39 is 0 Å². The van der Waals surface area contributed by atoms with E-state index in [1.165, 1.54) is 4.90 Å². The van der Waals surface area contributed by atoms with Gasteiger partial charge < -0.3 is 19.9 Å². The minimum absolute atomic E-state index is 0.104. The number of quaternary nitrogens is 1. The molecule has 3 N–H and O–H groups in total. The molecule has 0 aliphatic rings. The first-order chi connectivity index (χ1) is 14.1. The van der Waals surface area contributed by atoms with Crippen molar-refractivity contribution < 1.29 is 19.2 Å². The second-order valence-electron chi connectivity index (χ2n) is 7.00. The smallest absolute Gasteiger partial charge is 0.338 e. The van der Waals surface area contributed by atoms with E-state index in [9.17, 15) is 9.59 Å². The number of nitrogens with one attached hydrogen (secondary N) is 3. The highest BCUT2D eigenvalue weighted by Crippen LogP contribution is 2.19. The fraction of sp³-hybridized carbons (Fsp3) is 0.304. The molecular formula is C23H28N3O3+. The standard InChI is InChI=1S/C23H27N3O3/c1-3-26(4-2)13-14-29-23(28)17-9-11-19(12-10-17)25-22(27)15-18-16-24-21-8-6-5-7-20(18)21/h5-12,16,24H,3-4,13-15H2,1-2H3,(H,25,27)/p+1. The number of aromatic nitrogens is 1. The van der Waals surface area contributed by atoms with Crippen molar-refractivity contribution in [2.75, 3.05) is 31.6 Å². The van der Waals surface area contributed by atoms with Gasteiger partial charge in [-0.15, -0.1) is 0 Å². The number of hydrogen-bond donors (Lipinski definition) is 3. The van der Waals surface area contributed by atoms with E-state index in [4.69, 9.17) is 4.74 Å². The SMILES string of the molecule is CC[NH+](CC)CCOC(=O)c1ccc(NC(=O)Cc2c[nH]c3ccccc23)cc1. The molecule has 0 aliphatic carbocycles. The second kappa shape index (κ2) is 9.89. The molecule has 0 saturated carbocycles. The Labute approximate surface area is 170 Å². The van der Waals surface area contributed by atoms with Crippen molar-refractivity contribution in [2.45, 2.75) is 20.3 Å². The molecule has 0 saturated heterocycles. The van der Waals surface area contributed by atoms with Gasteiger partial charge in [-0.05, 0) is 49.7 Å². The molecule has 6 heteroatoms. The number of H-pyrrole nitrogens is 1. The quantitative estimate of drug-likeness (QED) is 0.488. The first-order valence-electron chi connectivity index (χ1n) is 10.1. The lowest BCUT2D eigenvalue weighted by molar-refractivity contribution is -0.896. The van der Waals surface area contributed by atoms with E-state index >= 15 is 0 Å². The van der Waals surface area contributed by atoms with Crippen molar-refractivity contribution in [1.82, 2.24) is 4.98 Å². The van der Waals surface area contributed by atoms with Crippen LogP contribution in [-0.4, -0.2) is 43.1 Å². The Hall–Kier alpha value is -3.12. The molecule has 0 atom stereocenters. The van der Waals surface area contributed by atoms with Crippen molar-refractivity contribution in [3.8, 4) is 0 Å². The van der Waals surface area contributed by atoms with Gasteiger partial charge in [-0.1, -0.05) is 18.2 Å². The molecule has 0 aliphatic heterocycles. The molecule has 0 bridgehead atoms. The molecule has 0 unspecified atom stereocenters. The van der Waals surface area contributed by atoms with E-state index in [0.717, 1.165) is 36.1 Å². The highest BCUT2D eigenvalue weighted by atomic mass is 16.5. The van der Waals surface area contributed by atoms with Crippen LogP contribution in [0.1, 0.15) is 29.8 Å². The third kappa shape index (κ3) is 5.45. The molecule has 0 fully saturated rings. The number of ether oxygens (including phenoxy) is 1. The van der Waals surface area contributed by atoms with Gasteiger partial charge in [0.25, 0.3) is 0 Å². The fourth-order valence-electron chi connectivity index (χ4n) is 3.32. The van der Waals surface area contributed by atoms with Crippen molar-refractivity contribution in [1.29, 1.82) is 0 Å². The summed E-state index contributed by atoms with van der Waals surface area (Å²) < 4.78 is 5.34. The number of amides is 1. The van der Waals surface area contributed by atoms with Crippen LogP contribution in [0, 0.1) is 0 Å². The molecule has 6 nitrogen and oxygen atoms in total. The van der Waals surface area contributed by atoms with Gasteiger partial charge >= 0.3 is 5.97 Å². The van der Waals surface area contributed by atoms with Crippen molar-refractivity contribution in [3.05, 3.63) is 65.9 Å². The predicted octanol–water partition coefficient (Wildman–Crippen LogP) is 2.43. The lowest BCUT2D eigenvalue weighted by Gasteiger charge is -2.15. The molecule has 152 valence electrons. The van der Waals surface area contributed by atoms with Crippen LogP contribution >= 0.6 is 0 Å². The summed E-state index contributed by atoms with van der Waals surface area (Å²) in [6.07, 6.45) is 2.14. The van der Waals surface area contributed by atoms with Crippen molar-refractivity contribution in [3.63, 3.8) is 0 Å². The Kier molecular flexibility index (Phi) is 7.03. The molecule has 1 aromatic heterocycles. The molecule has 3 rings (SSSR count). The van der Waals surface area contributed by atoms with Crippen LogP contribution in [0.2, 0.25) is 0 Å². The van der Waals surface area contributed by atoms with Gasteiger partial charge in [0.05, 0.1) is 25.1 Å². The van der Waals surface area contributed by atoms with Crippen LogP contribution in [0.4, 0.5) is 5.69 Å². The van der Waals surface area contributed by atoms with E-state index in [2.05, 4.69) is 24.1 Å². The minimum atomic E-state index is -0.340. The maximum atomic E-state index is 12.4. The molecular weight excluding hydrogens is 366 g/mol. The number of para-hydroxylation sites is 1. The van der Waals surface area contributed by atoms with Gasteiger partial charge in [-0.25, -0.2) is 4.79 Å². The average Bonchev–Trinajstić information content (AvgIpc) is 3.14. The molecule has 1 amide bonds. The number of anilines is 1. The summed E-state index contributed by atoms with van der Waals surface area (Å²) in [6, 6.07) is 14.7. The van der Waals surface area contributed by atoms with Gasteiger partial charge in [0.2, 0.25) is 5.91 Å². The molecule has 0 radical (unpaired) electrons. The third-order valence-corrected chi connectivity index (χ3v) is 5.12. The number of aromatic amines is 1. The lowest BCUT2D eigenvalue weighted by Crippen LogP contribution is -3.11. The number of rotatable bonds is 9. The van der Waals surface area contributed by atoms with Gasteiger partial charge in [0.1, 0.15) is 13.2 Å². The van der Waals surface area contributed by atoms with E-state index in [1.54, 1.807) is 24.3 Å². The average molecular weight is 394 g/mol.